The third-order valence-corrected chi connectivity index (χ3v) is 4.05. The van der Waals surface area contributed by atoms with Crippen LogP contribution in [0.3, 0.4) is 0 Å². The minimum Gasteiger partial charge on any atom is -0.330 e. The van der Waals surface area contributed by atoms with Crippen LogP contribution in [0.5, 0.6) is 0 Å². The predicted octanol–water partition coefficient (Wildman–Crippen LogP) is 2.97. The lowest BCUT2D eigenvalue weighted by molar-refractivity contribution is -0.119. The zero-order valence-corrected chi connectivity index (χ0v) is 12.3. The number of amides is 1. The molecule has 1 heterocycles. The largest absolute Gasteiger partial charge is 0.330 e. The van der Waals surface area contributed by atoms with Gasteiger partial charge in [0.15, 0.2) is 0 Å². The SMILES string of the molecule is Cc1ccc2c(c1)[C@@H](CCN)C(=O)N2Cc1ccccc1. The number of fused-ring (bicyclic) bond motifs is 1. The van der Waals surface area contributed by atoms with E-state index in [1.54, 1.807) is 0 Å². The lowest BCUT2D eigenvalue weighted by Crippen LogP contribution is -2.29. The van der Waals surface area contributed by atoms with Crippen LogP contribution in [0.15, 0.2) is 48.5 Å². The van der Waals surface area contributed by atoms with Gasteiger partial charge in [0.25, 0.3) is 0 Å². The average Bonchev–Trinajstić information content (AvgIpc) is 2.74. The molecule has 2 aromatic carbocycles. The maximum absolute atomic E-state index is 12.7. The molecule has 0 unspecified atom stereocenters. The molecular formula is C18H20N2O. The summed E-state index contributed by atoms with van der Waals surface area (Å²) in [6.07, 6.45) is 0.709. The van der Waals surface area contributed by atoms with Crippen LogP contribution in [0.25, 0.3) is 0 Å². The van der Waals surface area contributed by atoms with E-state index < -0.39 is 0 Å². The Balaban J connectivity index is 1.97. The fourth-order valence-electron chi connectivity index (χ4n) is 3.01. The third kappa shape index (κ3) is 2.57. The van der Waals surface area contributed by atoms with Crippen LogP contribution in [0, 0.1) is 6.92 Å². The molecule has 1 aliphatic rings. The molecule has 21 heavy (non-hydrogen) atoms. The molecule has 3 rings (SSSR count). The summed E-state index contributed by atoms with van der Waals surface area (Å²) >= 11 is 0. The molecule has 0 saturated carbocycles. The summed E-state index contributed by atoms with van der Waals surface area (Å²) in [5.74, 6) is 0.0820. The Bertz CT molecular complexity index is 652. The van der Waals surface area contributed by atoms with Crippen molar-refractivity contribution in [3.05, 3.63) is 65.2 Å². The molecule has 0 spiro atoms. The van der Waals surface area contributed by atoms with Gasteiger partial charge in [-0.1, -0.05) is 48.0 Å². The van der Waals surface area contributed by atoms with Gasteiger partial charge < -0.3 is 10.6 Å². The number of carbonyl (C=O) groups is 1. The number of anilines is 1. The maximum Gasteiger partial charge on any atom is 0.234 e. The molecule has 1 amide bonds. The molecular weight excluding hydrogens is 260 g/mol. The van der Waals surface area contributed by atoms with E-state index in [2.05, 4.69) is 37.3 Å². The van der Waals surface area contributed by atoms with Gasteiger partial charge >= 0.3 is 0 Å². The van der Waals surface area contributed by atoms with Gasteiger partial charge in [-0.25, -0.2) is 0 Å². The van der Waals surface area contributed by atoms with Crippen molar-refractivity contribution < 1.29 is 4.79 Å². The van der Waals surface area contributed by atoms with E-state index in [0.29, 0.717) is 19.5 Å². The van der Waals surface area contributed by atoms with Gasteiger partial charge in [-0.05, 0) is 37.1 Å². The van der Waals surface area contributed by atoms with Crippen molar-refractivity contribution in [1.82, 2.24) is 0 Å². The second kappa shape index (κ2) is 5.70. The highest BCUT2D eigenvalue weighted by Crippen LogP contribution is 2.40. The molecule has 3 nitrogen and oxygen atoms in total. The highest BCUT2D eigenvalue weighted by molar-refractivity contribution is 6.04. The number of hydrogen-bond donors (Lipinski definition) is 1. The minimum absolute atomic E-state index is 0.0892. The third-order valence-electron chi connectivity index (χ3n) is 4.05. The highest BCUT2D eigenvalue weighted by atomic mass is 16.2. The first-order valence-corrected chi connectivity index (χ1v) is 7.36. The van der Waals surface area contributed by atoms with Crippen LogP contribution >= 0.6 is 0 Å². The van der Waals surface area contributed by atoms with Crippen LogP contribution in [-0.4, -0.2) is 12.5 Å². The molecule has 0 aliphatic carbocycles. The van der Waals surface area contributed by atoms with Gasteiger partial charge in [-0.2, -0.15) is 0 Å². The van der Waals surface area contributed by atoms with Crippen molar-refractivity contribution in [3.8, 4) is 0 Å². The first kappa shape index (κ1) is 13.8. The number of hydrogen-bond acceptors (Lipinski definition) is 2. The van der Waals surface area contributed by atoms with Crippen molar-refractivity contribution in [2.75, 3.05) is 11.4 Å². The topological polar surface area (TPSA) is 46.3 Å². The van der Waals surface area contributed by atoms with Crippen molar-refractivity contribution in [2.24, 2.45) is 5.73 Å². The maximum atomic E-state index is 12.7. The van der Waals surface area contributed by atoms with Gasteiger partial charge in [-0.15, -0.1) is 0 Å². The summed E-state index contributed by atoms with van der Waals surface area (Å²) in [4.78, 5) is 14.6. The first-order valence-electron chi connectivity index (χ1n) is 7.36. The summed E-state index contributed by atoms with van der Waals surface area (Å²) in [5.41, 5.74) is 10.2. The number of aryl methyl sites for hydroxylation is 1. The van der Waals surface area contributed by atoms with Crippen molar-refractivity contribution >= 4 is 11.6 Å². The van der Waals surface area contributed by atoms with E-state index in [4.69, 9.17) is 5.73 Å². The van der Waals surface area contributed by atoms with Crippen LogP contribution in [-0.2, 0) is 11.3 Å². The van der Waals surface area contributed by atoms with Crippen molar-refractivity contribution in [1.29, 1.82) is 0 Å². The molecule has 3 heteroatoms. The van der Waals surface area contributed by atoms with E-state index in [1.807, 2.05) is 23.1 Å². The van der Waals surface area contributed by atoms with Crippen LogP contribution in [0.2, 0.25) is 0 Å². The first-order chi connectivity index (χ1) is 10.2. The molecule has 0 bridgehead atoms. The Labute approximate surface area is 125 Å². The Morgan fingerprint density at radius 2 is 1.90 bits per heavy atom. The second-order valence-electron chi connectivity index (χ2n) is 5.60. The summed E-state index contributed by atoms with van der Waals surface area (Å²) in [6, 6.07) is 16.3. The van der Waals surface area contributed by atoms with Crippen LogP contribution in [0.4, 0.5) is 5.69 Å². The average molecular weight is 280 g/mol. The number of rotatable bonds is 4. The summed E-state index contributed by atoms with van der Waals surface area (Å²) in [5, 5.41) is 0. The van der Waals surface area contributed by atoms with Crippen molar-refractivity contribution in [2.45, 2.75) is 25.8 Å². The monoisotopic (exact) mass is 280 g/mol. The van der Waals surface area contributed by atoms with E-state index in [0.717, 1.165) is 16.8 Å². The lowest BCUT2D eigenvalue weighted by Gasteiger charge is -2.18. The number of nitrogens with two attached hydrogens (primary N) is 1. The van der Waals surface area contributed by atoms with Crippen LogP contribution < -0.4 is 10.6 Å². The summed E-state index contributed by atoms with van der Waals surface area (Å²) in [7, 11) is 0. The fraction of sp³-hybridized carbons (Fsp3) is 0.278. The van der Waals surface area contributed by atoms with Gasteiger partial charge in [0.05, 0.1) is 12.5 Å². The zero-order valence-electron chi connectivity index (χ0n) is 12.3. The summed E-state index contributed by atoms with van der Waals surface area (Å²) < 4.78 is 0. The smallest absolute Gasteiger partial charge is 0.234 e. The quantitative estimate of drug-likeness (QED) is 0.936. The normalized spacial score (nSPS) is 17.1. The van der Waals surface area contributed by atoms with E-state index in [-0.39, 0.29) is 11.8 Å². The molecule has 0 aromatic heterocycles. The Morgan fingerprint density at radius 1 is 1.14 bits per heavy atom. The Hall–Kier alpha value is -2.13. The molecule has 1 atom stereocenters. The molecule has 0 fully saturated rings. The van der Waals surface area contributed by atoms with Gasteiger partial charge in [-0.3, -0.25) is 4.79 Å². The lowest BCUT2D eigenvalue weighted by atomic mass is 9.96. The number of carbonyl (C=O) groups excluding carboxylic acids is 1. The second-order valence-corrected chi connectivity index (χ2v) is 5.60. The van der Waals surface area contributed by atoms with Gasteiger partial charge in [0, 0.05) is 5.69 Å². The Kier molecular flexibility index (Phi) is 3.76. The van der Waals surface area contributed by atoms with Gasteiger partial charge in [0.2, 0.25) is 5.91 Å². The molecule has 2 N–H and O–H groups in total. The number of nitrogens with zero attached hydrogens (tertiary/aromatic N) is 1. The predicted molar refractivity (Wildman–Crippen MR) is 85.2 cm³/mol. The van der Waals surface area contributed by atoms with E-state index >= 15 is 0 Å². The van der Waals surface area contributed by atoms with Gasteiger partial charge in [0.1, 0.15) is 0 Å². The molecule has 1 aliphatic heterocycles. The molecule has 108 valence electrons. The molecule has 0 radical (unpaired) electrons. The van der Waals surface area contributed by atoms with Crippen LogP contribution in [0.1, 0.15) is 29.0 Å². The van der Waals surface area contributed by atoms with Crippen molar-refractivity contribution in [3.63, 3.8) is 0 Å². The number of benzene rings is 2. The zero-order chi connectivity index (χ0) is 14.8. The molecule has 2 aromatic rings. The van der Waals surface area contributed by atoms with E-state index in [1.165, 1.54) is 5.56 Å². The Morgan fingerprint density at radius 3 is 2.62 bits per heavy atom. The van der Waals surface area contributed by atoms with E-state index in [9.17, 15) is 4.79 Å². The molecule has 0 saturated heterocycles. The highest BCUT2D eigenvalue weighted by Gasteiger charge is 2.36. The fourth-order valence-corrected chi connectivity index (χ4v) is 3.01. The standard InChI is InChI=1S/C18H20N2O/c1-13-7-8-17-16(11-13)15(9-10-19)18(21)20(17)12-14-5-3-2-4-6-14/h2-8,11,15H,9-10,12,19H2,1H3/t15-/m1/s1. The minimum atomic E-state index is -0.0892. The summed E-state index contributed by atoms with van der Waals surface area (Å²) in [6.45, 7) is 3.21.